The van der Waals surface area contributed by atoms with Gasteiger partial charge >= 0.3 is 5.97 Å². The third-order valence-electron chi connectivity index (χ3n) is 1.99. The number of nitrogens with zero attached hydrogens (tertiary/aromatic N) is 1. The Morgan fingerprint density at radius 3 is 3.00 bits per heavy atom. The quantitative estimate of drug-likeness (QED) is 0.844. The third kappa shape index (κ3) is 2.67. The van der Waals surface area contributed by atoms with Gasteiger partial charge in [-0.2, -0.15) is 0 Å². The summed E-state index contributed by atoms with van der Waals surface area (Å²) in [6.07, 6.45) is 0. The first-order valence-corrected chi connectivity index (χ1v) is 6.54. The summed E-state index contributed by atoms with van der Waals surface area (Å²) >= 11 is 3.73. The van der Waals surface area contributed by atoms with Crippen LogP contribution < -0.4 is 0 Å². The van der Waals surface area contributed by atoms with Crippen molar-refractivity contribution in [1.29, 1.82) is 0 Å². The van der Waals surface area contributed by atoms with Crippen molar-refractivity contribution in [2.24, 2.45) is 0 Å². The molecule has 0 atom stereocenters. The van der Waals surface area contributed by atoms with E-state index in [1.54, 1.807) is 11.3 Å². The van der Waals surface area contributed by atoms with Crippen LogP contribution in [0, 0.1) is 2.88 Å². The molecule has 2 heterocycles. The highest BCUT2D eigenvalue weighted by Gasteiger charge is 2.20. The van der Waals surface area contributed by atoms with Crippen molar-refractivity contribution >= 4 is 39.9 Å². The van der Waals surface area contributed by atoms with Gasteiger partial charge in [0.15, 0.2) is 0 Å². The van der Waals surface area contributed by atoms with Crippen LogP contribution in [0.2, 0.25) is 0 Å². The summed E-state index contributed by atoms with van der Waals surface area (Å²) in [6, 6.07) is 1.89. The van der Waals surface area contributed by atoms with Crippen molar-refractivity contribution < 1.29 is 19.1 Å². The zero-order chi connectivity index (χ0) is 12.4. The fourth-order valence-corrected chi connectivity index (χ4v) is 2.62. The number of hydrogen-bond donors (Lipinski definition) is 1. The van der Waals surface area contributed by atoms with E-state index in [1.807, 2.05) is 11.4 Å². The summed E-state index contributed by atoms with van der Waals surface area (Å²) < 4.78 is 11.2. The lowest BCUT2D eigenvalue weighted by Gasteiger charge is -1.92. The van der Waals surface area contributed by atoms with E-state index >= 15 is 0 Å². The van der Waals surface area contributed by atoms with E-state index in [1.165, 1.54) is 7.11 Å². The number of thiophene rings is 1. The molecule has 2 aromatic heterocycles. The van der Waals surface area contributed by atoms with Crippen molar-refractivity contribution in [3.8, 4) is 11.5 Å². The van der Waals surface area contributed by atoms with Gasteiger partial charge in [-0.05, 0) is 28.7 Å². The molecule has 0 unspecified atom stereocenters. The summed E-state index contributed by atoms with van der Waals surface area (Å²) in [6.45, 7) is 0.117. The number of carboxylic acids is 1. The topological polar surface area (TPSA) is 72.6 Å². The van der Waals surface area contributed by atoms with E-state index < -0.39 is 5.97 Å². The number of rotatable bonds is 4. The molecule has 0 aliphatic carbocycles. The minimum absolute atomic E-state index is 0.117. The van der Waals surface area contributed by atoms with Crippen molar-refractivity contribution in [3.63, 3.8) is 0 Å². The highest BCUT2D eigenvalue weighted by atomic mass is 127. The van der Waals surface area contributed by atoms with Gasteiger partial charge in [-0.15, -0.1) is 11.3 Å². The van der Waals surface area contributed by atoms with E-state index in [0.29, 0.717) is 11.6 Å². The van der Waals surface area contributed by atoms with Crippen LogP contribution in [0.1, 0.15) is 16.2 Å². The molecule has 17 heavy (non-hydrogen) atoms. The maximum absolute atomic E-state index is 11.0. The molecule has 0 amide bonds. The molecule has 0 bridgehead atoms. The Bertz CT molecular complexity index is 548. The molecule has 5 nitrogen and oxygen atoms in total. The number of halogens is 1. The molecular weight excluding hydrogens is 357 g/mol. The molecule has 0 saturated carbocycles. The maximum atomic E-state index is 11.0. The molecule has 0 aliphatic heterocycles. The minimum Gasteiger partial charge on any atom is -0.475 e. The molecule has 0 aromatic carbocycles. The van der Waals surface area contributed by atoms with Crippen molar-refractivity contribution in [2.75, 3.05) is 7.11 Å². The van der Waals surface area contributed by atoms with Gasteiger partial charge in [-0.25, -0.2) is 9.78 Å². The van der Waals surface area contributed by atoms with Gasteiger partial charge in [0.1, 0.15) is 5.69 Å². The van der Waals surface area contributed by atoms with E-state index in [9.17, 15) is 4.79 Å². The first kappa shape index (κ1) is 12.5. The van der Waals surface area contributed by atoms with Crippen LogP contribution in [0.5, 0.6) is 0 Å². The number of carbonyl (C=O) groups is 1. The second-order valence-corrected chi connectivity index (χ2v) is 5.98. The summed E-state index contributed by atoms with van der Waals surface area (Å²) in [5.41, 5.74) is 1.08. The standard InChI is InChI=1S/C10H8INO4S/c1-15-3-6-8(10(13)14)16-9(12-6)5-2-7(11)17-4-5/h2,4H,3H2,1H3,(H,13,14). The van der Waals surface area contributed by atoms with E-state index in [2.05, 4.69) is 27.6 Å². The van der Waals surface area contributed by atoms with Crippen LogP contribution >= 0.6 is 33.9 Å². The van der Waals surface area contributed by atoms with Crippen molar-refractivity contribution in [2.45, 2.75) is 6.61 Å². The second-order valence-electron chi connectivity index (χ2n) is 3.17. The summed E-state index contributed by atoms with van der Waals surface area (Å²) in [5.74, 6) is -0.989. The Morgan fingerprint density at radius 1 is 1.71 bits per heavy atom. The first-order valence-electron chi connectivity index (χ1n) is 4.58. The van der Waals surface area contributed by atoms with Gasteiger partial charge < -0.3 is 14.3 Å². The van der Waals surface area contributed by atoms with Crippen molar-refractivity contribution in [1.82, 2.24) is 4.98 Å². The summed E-state index contributed by atoms with van der Waals surface area (Å²) in [7, 11) is 1.48. The van der Waals surface area contributed by atoms with Crippen molar-refractivity contribution in [3.05, 3.63) is 25.8 Å². The number of methoxy groups -OCH3 is 1. The number of ether oxygens (including phenoxy) is 1. The third-order valence-corrected chi connectivity index (χ3v) is 3.78. The minimum atomic E-state index is -1.14. The molecule has 0 radical (unpaired) electrons. The SMILES string of the molecule is COCc1nc(-c2csc(I)c2)oc1C(=O)O. The fraction of sp³-hybridized carbons (Fsp3) is 0.200. The van der Waals surface area contributed by atoms with Gasteiger partial charge in [-0.1, -0.05) is 0 Å². The Balaban J connectivity index is 2.43. The monoisotopic (exact) mass is 365 g/mol. The zero-order valence-electron chi connectivity index (χ0n) is 8.77. The molecular formula is C10H8INO4S. The van der Waals surface area contributed by atoms with E-state index in [4.69, 9.17) is 14.3 Å². The lowest BCUT2D eigenvalue weighted by atomic mass is 10.3. The van der Waals surface area contributed by atoms with Gasteiger partial charge in [0, 0.05) is 18.1 Å². The number of aromatic nitrogens is 1. The van der Waals surface area contributed by atoms with Crippen LogP contribution in [0.4, 0.5) is 0 Å². The average Bonchev–Trinajstić information content (AvgIpc) is 2.85. The molecule has 1 N–H and O–H groups in total. The van der Waals surface area contributed by atoms with Crippen LogP contribution in [0.25, 0.3) is 11.5 Å². The average molecular weight is 365 g/mol. The van der Waals surface area contributed by atoms with Gasteiger partial charge in [0.05, 0.1) is 9.49 Å². The van der Waals surface area contributed by atoms with Crippen LogP contribution in [-0.2, 0) is 11.3 Å². The predicted octanol–water partition coefficient (Wildman–Crippen LogP) is 2.85. The van der Waals surface area contributed by atoms with E-state index in [-0.39, 0.29) is 12.4 Å². The molecule has 0 spiro atoms. The second kappa shape index (κ2) is 5.15. The van der Waals surface area contributed by atoms with Gasteiger partial charge in [0.25, 0.3) is 0 Å². The normalized spacial score (nSPS) is 10.7. The molecule has 2 aromatic rings. The highest BCUT2D eigenvalue weighted by molar-refractivity contribution is 14.1. The number of carboxylic acid groups (broad SMARTS) is 1. The van der Waals surface area contributed by atoms with Gasteiger partial charge in [-0.3, -0.25) is 0 Å². The Labute approximate surface area is 115 Å². The lowest BCUT2D eigenvalue weighted by Crippen LogP contribution is -2.00. The highest BCUT2D eigenvalue weighted by Crippen LogP contribution is 2.28. The Kier molecular flexibility index (Phi) is 3.79. The molecule has 7 heteroatoms. The van der Waals surface area contributed by atoms with Crippen LogP contribution in [-0.4, -0.2) is 23.2 Å². The van der Waals surface area contributed by atoms with E-state index in [0.717, 1.165) is 8.45 Å². The summed E-state index contributed by atoms with van der Waals surface area (Å²) in [4.78, 5) is 15.1. The maximum Gasteiger partial charge on any atom is 0.373 e. The van der Waals surface area contributed by atoms with Crippen LogP contribution in [0.15, 0.2) is 15.9 Å². The Hall–Kier alpha value is -0.930. The number of aromatic carboxylic acids is 1. The first-order chi connectivity index (χ1) is 8.11. The summed E-state index contributed by atoms with van der Waals surface area (Å²) in [5, 5.41) is 10.8. The zero-order valence-corrected chi connectivity index (χ0v) is 11.7. The fourth-order valence-electron chi connectivity index (χ4n) is 1.30. The lowest BCUT2D eigenvalue weighted by molar-refractivity contribution is 0.0656. The number of oxazole rings is 1. The van der Waals surface area contributed by atoms with Crippen LogP contribution in [0.3, 0.4) is 0 Å². The number of hydrogen-bond acceptors (Lipinski definition) is 5. The molecule has 90 valence electrons. The largest absolute Gasteiger partial charge is 0.475 e. The predicted molar refractivity (Wildman–Crippen MR) is 70.2 cm³/mol. The van der Waals surface area contributed by atoms with Gasteiger partial charge in [0.2, 0.25) is 11.7 Å². The molecule has 0 fully saturated rings. The molecule has 0 aliphatic rings. The Morgan fingerprint density at radius 2 is 2.47 bits per heavy atom. The smallest absolute Gasteiger partial charge is 0.373 e. The molecule has 2 rings (SSSR count). The molecule has 0 saturated heterocycles.